The molecular formula is C7H9BO3. The summed E-state index contributed by atoms with van der Waals surface area (Å²) in [7, 11) is -1.60. The van der Waals surface area contributed by atoms with Gasteiger partial charge in [-0.3, -0.25) is 0 Å². The first-order valence-corrected chi connectivity index (χ1v) is 3.27. The van der Waals surface area contributed by atoms with Gasteiger partial charge in [0.05, 0.1) is 0 Å². The summed E-state index contributed by atoms with van der Waals surface area (Å²) in [5.74, 6) is -0.0833. The van der Waals surface area contributed by atoms with Gasteiger partial charge < -0.3 is 15.2 Å². The molecule has 0 bridgehead atoms. The van der Waals surface area contributed by atoms with Gasteiger partial charge in [-0.15, -0.1) is 0 Å². The highest BCUT2D eigenvalue weighted by atomic mass is 16.4. The van der Waals surface area contributed by atoms with E-state index < -0.39 is 7.12 Å². The minimum absolute atomic E-state index is 0.0833. The Labute approximate surface area is 65.1 Å². The van der Waals surface area contributed by atoms with Gasteiger partial charge in [-0.2, -0.15) is 0 Å². The smallest absolute Gasteiger partial charge is 0.492 e. The summed E-state index contributed by atoms with van der Waals surface area (Å²) in [4.78, 5) is 0. The molecule has 1 aromatic rings. The lowest BCUT2D eigenvalue weighted by atomic mass is 9.76. The van der Waals surface area contributed by atoms with Crippen molar-refractivity contribution in [2.24, 2.45) is 0 Å². The van der Waals surface area contributed by atoms with Gasteiger partial charge in [0.2, 0.25) is 0 Å². The fraction of sp³-hybridized carbons (Fsp3) is 0.143. The Hall–Kier alpha value is -0.995. The molecule has 0 aliphatic carbocycles. The third-order valence-corrected chi connectivity index (χ3v) is 1.56. The highest BCUT2D eigenvalue weighted by Gasteiger charge is 2.17. The quantitative estimate of drug-likeness (QED) is 0.470. The van der Waals surface area contributed by atoms with Crippen LogP contribution in [0.15, 0.2) is 18.2 Å². The van der Waals surface area contributed by atoms with Crippen LogP contribution in [0.2, 0.25) is 0 Å². The standard InChI is InChI=1S/C7H9BO3/c1-5-3-2-4-6(9)7(5)8(10)11/h2-4,9-11H,1H3. The number of phenols is 1. The molecule has 0 saturated carbocycles. The van der Waals surface area contributed by atoms with Crippen LogP contribution in [0.25, 0.3) is 0 Å². The van der Waals surface area contributed by atoms with E-state index in [1.54, 1.807) is 19.1 Å². The number of hydrogen-bond acceptors (Lipinski definition) is 3. The van der Waals surface area contributed by atoms with E-state index in [1.807, 2.05) is 0 Å². The second-order valence-corrected chi connectivity index (χ2v) is 2.38. The minimum atomic E-state index is -1.60. The summed E-state index contributed by atoms with van der Waals surface area (Å²) in [6.07, 6.45) is 0. The molecule has 3 N–H and O–H groups in total. The Morgan fingerprint density at radius 3 is 2.27 bits per heavy atom. The highest BCUT2D eigenvalue weighted by Crippen LogP contribution is 2.07. The van der Waals surface area contributed by atoms with Gasteiger partial charge in [0, 0.05) is 5.46 Å². The number of hydrogen-bond donors (Lipinski definition) is 3. The van der Waals surface area contributed by atoms with Crippen LogP contribution in [0, 0.1) is 6.92 Å². The van der Waals surface area contributed by atoms with Crippen molar-refractivity contribution in [1.82, 2.24) is 0 Å². The fourth-order valence-corrected chi connectivity index (χ4v) is 1.00. The number of aryl methyl sites for hydroxylation is 1. The van der Waals surface area contributed by atoms with Crippen LogP contribution < -0.4 is 5.46 Å². The van der Waals surface area contributed by atoms with Gasteiger partial charge in [-0.1, -0.05) is 12.1 Å². The van der Waals surface area contributed by atoms with Gasteiger partial charge in [-0.25, -0.2) is 0 Å². The zero-order valence-corrected chi connectivity index (χ0v) is 6.15. The maximum Gasteiger partial charge on any atom is 0.492 e. The normalized spacial score (nSPS) is 9.73. The lowest BCUT2D eigenvalue weighted by Crippen LogP contribution is -2.32. The van der Waals surface area contributed by atoms with Crippen LogP contribution in [-0.4, -0.2) is 22.3 Å². The van der Waals surface area contributed by atoms with E-state index in [4.69, 9.17) is 15.2 Å². The second kappa shape index (κ2) is 2.94. The third kappa shape index (κ3) is 1.53. The Balaban J connectivity index is 3.21. The monoisotopic (exact) mass is 152 g/mol. The Kier molecular flexibility index (Phi) is 2.17. The molecule has 0 atom stereocenters. The molecule has 0 aliphatic heterocycles. The van der Waals surface area contributed by atoms with E-state index in [-0.39, 0.29) is 11.2 Å². The van der Waals surface area contributed by atoms with Crippen molar-refractivity contribution in [1.29, 1.82) is 0 Å². The lowest BCUT2D eigenvalue weighted by molar-refractivity contribution is 0.419. The number of benzene rings is 1. The van der Waals surface area contributed by atoms with Crippen molar-refractivity contribution in [2.75, 3.05) is 0 Å². The molecule has 58 valence electrons. The molecule has 0 saturated heterocycles. The molecule has 0 aliphatic rings. The van der Waals surface area contributed by atoms with Gasteiger partial charge >= 0.3 is 7.12 Å². The Bertz CT molecular complexity index is 240. The first-order chi connectivity index (χ1) is 5.13. The lowest BCUT2D eigenvalue weighted by Gasteiger charge is -2.05. The van der Waals surface area contributed by atoms with Crippen molar-refractivity contribution in [3.63, 3.8) is 0 Å². The zero-order chi connectivity index (χ0) is 8.43. The first-order valence-electron chi connectivity index (χ1n) is 3.27. The van der Waals surface area contributed by atoms with Gasteiger partial charge in [-0.05, 0) is 18.6 Å². The number of phenolic OH excluding ortho intramolecular Hbond substituents is 1. The second-order valence-electron chi connectivity index (χ2n) is 2.38. The van der Waals surface area contributed by atoms with Crippen LogP contribution in [0.1, 0.15) is 5.56 Å². The summed E-state index contributed by atoms with van der Waals surface area (Å²) >= 11 is 0. The number of rotatable bonds is 1. The van der Waals surface area contributed by atoms with Crippen LogP contribution in [-0.2, 0) is 0 Å². The third-order valence-electron chi connectivity index (χ3n) is 1.56. The van der Waals surface area contributed by atoms with Crippen LogP contribution >= 0.6 is 0 Å². The van der Waals surface area contributed by atoms with E-state index in [0.717, 1.165) is 0 Å². The van der Waals surface area contributed by atoms with Gasteiger partial charge in [0.15, 0.2) is 0 Å². The zero-order valence-electron chi connectivity index (χ0n) is 6.15. The SMILES string of the molecule is Cc1cccc(O)c1B(O)O. The number of aromatic hydroxyl groups is 1. The van der Waals surface area contributed by atoms with Crippen molar-refractivity contribution in [3.05, 3.63) is 23.8 Å². The molecule has 1 rings (SSSR count). The average molecular weight is 152 g/mol. The molecule has 0 spiro atoms. The van der Waals surface area contributed by atoms with Crippen LogP contribution in [0.3, 0.4) is 0 Å². The summed E-state index contributed by atoms with van der Waals surface area (Å²) < 4.78 is 0. The molecule has 11 heavy (non-hydrogen) atoms. The molecule has 0 heterocycles. The van der Waals surface area contributed by atoms with E-state index in [0.29, 0.717) is 5.56 Å². The topological polar surface area (TPSA) is 60.7 Å². The summed E-state index contributed by atoms with van der Waals surface area (Å²) in [5.41, 5.74) is 0.840. The molecule has 0 aromatic heterocycles. The fourth-order valence-electron chi connectivity index (χ4n) is 1.00. The maximum atomic E-state index is 9.14. The van der Waals surface area contributed by atoms with Crippen molar-refractivity contribution >= 4 is 12.6 Å². The molecule has 0 radical (unpaired) electrons. The average Bonchev–Trinajstić information content (AvgIpc) is 1.85. The van der Waals surface area contributed by atoms with Gasteiger partial charge in [0.1, 0.15) is 5.75 Å². The molecular weight excluding hydrogens is 143 g/mol. The molecule has 0 unspecified atom stereocenters. The van der Waals surface area contributed by atoms with E-state index in [1.165, 1.54) is 6.07 Å². The van der Waals surface area contributed by atoms with Crippen molar-refractivity contribution < 1.29 is 15.2 Å². The highest BCUT2D eigenvalue weighted by molar-refractivity contribution is 6.60. The van der Waals surface area contributed by atoms with E-state index >= 15 is 0 Å². The Morgan fingerprint density at radius 2 is 1.91 bits per heavy atom. The molecule has 3 nitrogen and oxygen atoms in total. The predicted octanol–water partition coefficient (Wildman–Crippen LogP) is -0.620. The molecule has 0 fully saturated rings. The maximum absolute atomic E-state index is 9.14. The summed E-state index contributed by atoms with van der Waals surface area (Å²) in [5, 5.41) is 26.7. The van der Waals surface area contributed by atoms with E-state index in [9.17, 15) is 0 Å². The summed E-state index contributed by atoms with van der Waals surface area (Å²) in [6, 6.07) is 4.77. The first kappa shape index (κ1) is 8.10. The molecule has 4 heteroatoms. The van der Waals surface area contributed by atoms with Crippen LogP contribution in [0.5, 0.6) is 5.75 Å². The largest absolute Gasteiger partial charge is 0.508 e. The van der Waals surface area contributed by atoms with Crippen LogP contribution in [0.4, 0.5) is 0 Å². The van der Waals surface area contributed by atoms with Crippen molar-refractivity contribution in [3.8, 4) is 5.75 Å². The van der Waals surface area contributed by atoms with E-state index in [2.05, 4.69) is 0 Å². The van der Waals surface area contributed by atoms with Gasteiger partial charge in [0.25, 0.3) is 0 Å². The summed E-state index contributed by atoms with van der Waals surface area (Å²) in [6.45, 7) is 1.70. The predicted molar refractivity (Wildman–Crippen MR) is 42.7 cm³/mol. The minimum Gasteiger partial charge on any atom is -0.508 e. The molecule has 0 amide bonds. The van der Waals surface area contributed by atoms with Crippen molar-refractivity contribution in [2.45, 2.75) is 6.92 Å². The molecule has 1 aromatic carbocycles. The Morgan fingerprint density at radius 1 is 1.27 bits per heavy atom.